The molecule has 2 nitrogen and oxygen atoms in total. The number of carboxylic acids is 1. The molecular weight excluding hydrogens is 172 g/mol. The number of aliphatic carboxylic acids is 1. The Morgan fingerprint density at radius 3 is 2.42 bits per heavy atom. The molecule has 0 aromatic rings. The molecule has 12 heavy (non-hydrogen) atoms. The van der Waals surface area contributed by atoms with Crippen molar-refractivity contribution in [2.45, 2.75) is 50.5 Å². The third-order valence-corrected chi connectivity index (χ3v) is 2.95. The minimum Gasteiger partial charge on any atom is -0.481 e. The molecule has 3 heteroatoms. The Hall–Kier alpha value is -0.180. The van der Waals surface area contributed by atoms with Crippen LogP contribution in [0.1, 0.15) is 40.0 Å². The van der Waals surface area contributed by atoms with E-state index in [9.17, 15) is 4.79 Å². The summed E-state index contributed by atoms with van der Waals surface area (Å²) in [6, 6.07) is 0. The third kappa shape index (κ3) is 6.53. The van der Waals surface area contributed by atoms with Crippen LogP contribution >= 0.6 is 11.8 Å². The minimum absolute atomic E-state index is 0.240. The lowest BCUT2D eigenvalue weighted by Gasteiger charge is -2.14. The van der Waals surface area contributed by atoms with E-state index in [0.29, 0.717) is 5.25 Å². The molecule has 72 valence electrons. The molecule has 0 saturated heterocycles. The van der Waals surface area contributed by atoms with E-state index in [0.717, 1.165) is 0 Å². The molecule has 0 aliphatic rings. The maximum Gasteiger partial charge on any atom is 0.304 e. The first-order chi connectivity index (χ1) is 5.56. The second-order valence-corrected chi connectivity index (χ2v) is 5.03. The van der Waals surface area contributed by atoms with Crippen molar-refractivity contribution in [3.63, 3.8) is 0 Å². The fourth-order valence-corrected chi connectivity index (χ4v) is 2.57. The maximum atomic E-state index is 10.3. The van der Waals surface area contributed by atoms with E-state index in [-0.39, 0.29) is 11.7 Å². The van der Waals surface area contributed by atoms with Crippen molar-refractivity contribution in [1.82, 2.24) is 0 Å². The van der Waals surface area contributed by atoms with Crippen LogP contribution in [0.2, 0.25) is 0 Å². The molecular formula is C9H18O2S. The fraction of sp³-hybridized carbons (Fsp3) is 0.889. The normalized spacial score (nSPS) is 15.6. The molecule has 0 aromatic carbocycles. The van der Waals surface area contributed by atoms with E-state index in [1.54, 1.807) is 11.8 Å². The number of carboxylic acid groups (broad SMARTS) is 1. The zero-order chi connectivity index (χ0) is 9.56. The van der Waals surface area contributed by atoms with E-state index < -0.39 is 5.97 Å². The molecule has 0 aliphatic heterocycles. The van der Waals surface area contributed by atoms with E-state index >= 15 is 0 Å². The van der Waals surface area contributed by atoms with Crippen molar-refractivity contribution < 1.29 is 9.90 Å². The highest BCUT2D eigenvalue weighted by Gasteiger charge is 2.11. The summed E-state index contributed by atoms with van der Waals surface area (Å²) in [5.74, 6) is -0.696. The van der Waals surface area contributed by atoms with Gasteiger partial charge in [0.05, 0.1) is 6.42 Å². The lowest BCUT2D eigenvalue weighted by atomic mass is 10.3. The summed E-state index contributed by atoms with van der Waals surface area (Å²) in [5.41, 5.74) is 0. The van der Waals surface area contributed by atoms with Crippen molar-refractivity contribution in [3.05, 3.63) is 0 Å². The first kappa shape index (κ1) is 11.8. The molecule has 0 aliphatic carbocycles. The van der Waals surface area contributed by atoms with Gasteiger partial charge in [0, 0.05) is 10.5 Å². The van der Waals surface area contributed by atoms with Crippen molar-refractivity contribution in [2.75, 3.05) is 0 Å². The average molecular weight is 190 g/mol. The molecule has 2 unspecified atom stereocenters. The largest absolute Gasteiger partial charge is 0.481 e. The molecule has 1 N–H and O–H groups in total. The maximum absolute atomic E-state index is 10.3. The van der Waals surface area contributed by atoms with Crippen LogP contribution < -0.4 is 0 Å². The Labute approximate surface area is 78.7 Å². The van der Waals surface area contributed by atoms with Crippen LogP contribution in [0.5, 0.6) is 0 Å². The van der Waals surface area contributed by atoms with Gasteiger partial charge < -0.3 is 5.11 Å². The van der Waals surface area contributed by atoms with Gasteiger partial charge in [-0.25, -0.2) is 0 Å². The number of rotatable bonds is 6. The predicted molar refractivity (Wildman–Crippen MR) is 53.7 cm³/mol. The van der Waals surface area contributed by atoms with Crippen LogP contribution in [0.4, 0.5) is 0 Å². The van der Waals surface area contributed by atoms with Gasteiger partial charge in [0.1, 0.15) is 0 Å². The topological polar surface area (TPSA) is 37.3 Å². The van der Waals surface area contributed by atoms with Crippen molar-refractivity contribution in [3.8, 4) is 0 Å². The fourth-order valence-electron chi connectivity index (χ4n) is 1.17. The predicted octanol–water partition coefficient (Wildman–Crippen LogP) is 2.77. The summed E-state index contributed by atoms with van der Waals surface area (Å²) in [4.78, 5) is 10.3. The average Bonchev–Trinajstić information content (AvgIpc) is 1.84. The van der Waals surface area contributed by atoms with Gasteiger partial charge in [-0.05, 0) is 6.42 Å². The van der Waals surface area contributed by atoms with Gasteiger partial charge in [0.2, 0.25) is 0 Å². The molecule has 0 bridgehead atoms. The summed E-state index contributed by atoms with van der Waals surface area (Å²) < 4.78 is 0. The highest BCUT2D eigenvalue weighted by Crippen LogP contribution is 2.22. The van der Waals surface area contributed by atoms with Crippen LogP contribution in [-0.2, 0) is 4.79 Å². The Morgan fingerprint density at radius 2 is 2.00 bits per heavy atom. The van der Waals surface area contributed by atoms with Crippen molar-refractivity contribution in [2.24, 2.45) is 0 Å². The summed E-state index contributed by atoms with van der Waals surface area (Å²) in [5, 5.41) is 9.34. The molecule has 0 radical (unpaired) electrons. The van der Waals surface area contributed by atoms with Crippen LogP contribution in [0.3, 0.4) is 0 Å². The van der Waals surface area contributed by atoms with Crippen LogP contribution in [0, 0.1) is 0 Å². The van der Waals surface area contributed by atoms with Crippen LogP contribution in [0.15, 0.2) is 0 Å². The zero-order valence-electron chi connectivity index (χ0n) is 8.04. The van der Waals surface area contributed by atoms with Gasteiger partial charge in [-0.2, -0.15) is 11.8 Å². The van der Waals surface area contributed by atoms with E-state index in [2.05, 4.69) is 13.8 Å². The van der Waals surface area contributed by atoms with Gasteiger partial charge in [0.15, 0.2) is 0 Å². The molecule has 0 fully saturated rings. The summed E-state index contributed by atoms with van der Waals surface area (Å²) >= 11 is 1.77. The van der Waals surface area contributed by atoms with Gasteiger partial charge in [0.25, 0.3) is 0 Å². The number of carbonyl (C=O) groups is 1. The first-order valence-corrected chi connectivity index (χ1v) is 5.37. The van der Waals surface area contributed by atoms with Gasteiger partial charge in [-0.15, -0.1) is 0 Å². The Kier molecular flexibility index (Phi) is 6.25. The Morgan fingerprint density at radius 1 is 1.42 bits per heavy atom. The monoisotopic (exact) mass is 190 g/mol. The van der Waals surface area contributed by atoms with Crippen LogP contribution in [-0.4, -0.2) is 21.6 Å². The summed E-state index contributed by atoms with van der Waals surface area (Å²) in [6.45, 7) is 6.29. The zero-order valence-corrected chi connectivity index (χ0v) is 8.86. The summed E-state index contributed by atoms with van der Waals surface area (Å²) in [6.07, 6.45) is 2.63. The molecule has 0 saturated carbocycles. The Bertz CT molecular complexity index is 136. The smallest absolute Gasteiger partial charge is 0.304 e. The standard InChI is InChI=1S/C9H18O2S/c1-4-5-7(2)12-8(3)6-9(10)11/h7-8H,4-6H2,1-3H3,(H,10,11). The van der Waals surface area contributed by atoms with E-state index in [4.69, 9.17) is 5.11 Å². The Balaban J connectivity index is 3.53. The number of hydrogen-bond acceptors (Lipinski definition) is 2. The van der Waals surface area contributed by atoms with Gasteiger partial charge >= 0.3 is 5.97 Å². The number of hydrogen-bond donors (Lipinski definition) is 1. The second-order valence-electron chi connectivity index (χ2n) is 3.14. The first-order valence-electron chi connectivity index (χ1n) is 4.43. The van der Waals surface area contributed by atoms with E-state index in [1.807, 2.05) is 6.92 Å². The van der Waals surface area contributed by atoms with Crippen LogP contribution in [0.25, 0.3) is 0 Å². The van der Waals surface area contributed by atoms with Crippen molar-refractivity contribution in [1.29, 1.82) is 0 Å². The van der Waals surface area contributed by atoms with Gasteiger partial charge in [-0.1, -0.05) is 27.2 Å². The highest BCUT2D eigenvalue weighted by molar-refractivity contribution is 8.00. The van der Waals surface area contributed by atoms with Crippen molar-refractivity contribution >= 4 is 17.7 Å². The summed E-state index contributed by atoms with van der Waals surface area (Å²) in [7, 11) is 0. The minimum atomic E-state index is -0.696. The molecule has 0 amide bonds. The SMILES string of the molecule is CCCC(C)SC(C)CC(=O)O. The lowest BCUT2D eigenvalue weighted by molar-refractivity contribution is -0.136. The molecule has 0 spiro atoms. The highest BCUT2D eigenvalue weighted by atomic mass is 32.2. The molecule has 0 heterocycles. The second kappa shape index (κ2) is 6.35. The van der Waals surface area contributed by atoms with Gasteiger partial charge in [-0.3, -0.25) is 4.79 Å². The quantitative estimate of drug-likeness (QED) is 0.699. The number of thioether (sulfide) groups is 1. The third-order valence-electron chi connectivity index (χ3n) is 1.62. The molecule has 0 rings (SSSR count). The van der Waals surface area contributed by atoms with E-state index in [1.165, 1.54) is 12.8 Å². The molecule has 2 atom stereocenters. The lowest BCUT2D eigenvalue weighted by Crippen LogP contribution is -2.09. The molecule has 0 aromatic heterocycles.